The lowest BCUT2D eigenvalue weighted by atomic mass is 10.0. The summed E-state index contributed by atoms with van der Waals surface area (Å²) in [5.74, 6) is -0.320. The van der Waals surface area contributed by atoms with Gasteiger partial charge in [0, 0.05) is 19.6 Å². The number of rotatable bonds is 53. The topological polar surface area (TPSA) is 117 Å². The molecule has 0 aliphatic carbocycles. The smallest absolute Gasteiger partial charge is 0.457 e. The second kappa shape index (κ2) is 50.5. The number of phosphoric ester groups is 1. The van der Waals surface area contributed by atoms with Crippen molar-refractivity contribution in [2.24, 2.45) is 5.73 Å². The molecular formula is C52H106NO7P. The summed E-state index contributed by atoms with van der Waals surface area (Å²) in [6.45, 7) is 5.02. The van der Waals surface area contributed by atoms with Gasteiger partial charge in [-0.1, -0.05) is 271 Å². The normalized spacial score (nSPS) is 13.2. The molecule has 0 aromatic rings. The molecule has 0 spiro atoms. The fourth-order valence-corrected chi connectivity index (χ4v) is 9.06. The molecule has 3 N–H and O–H groups in total. The summed E-state index contributed by atoms with van der Waals surface area (Å²) in [6.07, 6.45) is 55.7. The monoisotopic (exact) mass is 888 g/mol. The van der Waals surface area contributed by atoms with Crippen molar-refractivity contribution < 1.29 is 32.8 Å². The van der Waals surface area contributed by atoms with Gasteiger partial charge in [0.15, 0.2) is 0 Å². The molecule has 0 amide bonds. The van der Waals surface area contributed by atoms with Crippen LogP contribution in [0.3, 0.4) is 0 Å². The molecule has 366 valence electrons. The van der Waals surface area contributed by atoms with Crippen molar-refractivity contribution in [3.8, 4) is 0 Å². The SMILES string of the molecule is CCCCCCCCCCCCCCCCCCCCCCCCCCC(=O)O[C@H](COCCCCCCCCCCCCCCCCCCCC)COP(=O)(O)OCCN. The number of unbranched alkanes of at least 4 members (excludes halogenated alkanes) is 40. The van der Waals surface area contributed by atoms with Crippen LogP contribution >= 0.6 is 7.82 Å². The van der Waals surface area contributed by atoms with Crippen molar-refractivity contribution in [3.63, 3.8) is 0 Å². The fraction of sp³-hybridized carbons (Fsp3) is 0.981. The second-order valence-electron chi connectivity index (χ2n) is 18.5. The summed E-state index contributed by atoms with van der Waals surface area (Å²) < 4.78 is 33.6. The minimum absolute atomic E-state index is 0.0896. The molecule has 0 aliphatic heterocycles. The van der Waals surface area contributed by atoms with Gasteiger partial charge in [-0.05, 0) is 12.8 Å². The maximum atomic E-state index is 12.7. The molecule has 1 unspecified atom stereocenters. The Morgan fingerprint density at radius 1 is 0.426 bits per heavy atom. The molecule has 0 aromatic carbocycles. The maximum absolute atomic E-state index is 12.7. The van der Waals surface area contributed by atoms with E-state index in [1.165, 1.54) is 238 Å². The third-order valence-electron chi connectivity index (χ3n) is 12.3. The van der Waals surface area contributed by atoms with Crippen molar-refractivity contribution in [1.82, 2.24) is 0 Å². The number of esters is 1. The van der Waals surface area contributed by atoms with Crippen LogP contribution in [-0.2, 0) is 27.9 Å². The average molecular weight is 888 g/mol. The van der Waals surface area contributed by atoms with Crippen molar-refractivity contribution in [3.05, 3.63) is 0 Å². The van der Waals surface area contributed by atoms with Gasteiger partial charge in [0.05, 0.1) is 19.8 Å². The standard InChI is InChI=1S/C52H106NO7P/c1-3-5-7-9-11-13-15-17-19-21-23-24-25-26-27-28-29-31-33-35-37-39-41-43-45-52(54)60-51(50-59-61(55,56)58-48-46-53)49-57-47-44-42-40-38-36-34-32-30-22-20-18-16-14-12-10-8-6-4-2/h51H,3-50,53H2,1-2H3,(H,55,56)/t51-/m1/s1. The predicted octanol–water partition coefficient (Wildman–Crippen LogP) is 16.8. The average Bonchev–Trinajstić information content (AvgIpc) is 3.25. The first-order valence-electron chi connectivity index (χ1n) is 27.0. The molecule has 0 heterocycles. The Morgan fingerprint density at radius 2 is 0.721 bits per heavy atom. The molecule has 2 atom stereocenters. The molecule has 0 bridgehead atoms. The Kier molecular flexibility index (Phi) is 50.1. The van der Waals surface area contributed by atoms with Crippen molar-refractivity contribution in [2.45, 2.75) is 296 Å². The van der Waals surface area contributed by atoms with Crippen LogP contribution in [0.4, 0.5) is 0 Å². The highest BCUT2D eigenvalue weighted by atomic mass is 31.2. The van der Waals surface area contributed by atoms with Crippen molar-refractivity contribution in [1.29, 1.82) is 0 Å². The third kappa shape index (κ3) is 50.4. The zero-order valence-corrected chi connectivity index (χ0v) is 41.8. The van der Waals surface area contributed by atoms with Gasteiger partial charge in [-0.15, -0.1) is 0 Å². The molecule has 0 aromatic heterocycles. The minimum Gasteiger partial charge on any atom is -0.457 e. The highest BCUT2D eigenvalue weighted by molar-refractivity contribution is 7.47. The molecule has 0 rings (SSSR count). The number of ether oxygens (including phenoxy) is 2. The summed E-state index contributed by atoms with van der Waals surface area (Å²) in [6, 6.07) is 0. The molecule has 0 radical (unpaired) electrons. The molecule has 0 fully saturated rings. The van der Waals surface area contributed by atoms with E-state index in [2.05, 4.69) is 13.8 Å². The van der Waals surface area contributed by atoms with Gasteiger partial charge in [-0.25, -0.2) is 4.57 Å². The Balaban J connectivity index is 3.84. The Hall–Kier alpha value is -0.500. The molecule has 0 saturated heterocycles. The zero-order chi connectivity index (χ0) is 44.4. The van der Waals surface area contributed by atoms with E-state index in [-0.39, 0.29) is 32.3 Å². The molecular weight excluding hydrogens is 782 g/mol. The first-order chi connectivity index (χ1) is 29.9. The van der Waals surface area contributed by atoms with Crippen molar-refractivity contribution in [2.75, 3.05) is 33.0 Å². The number of hydrogen-bond donors (Lipinski definition) is 2. The van der Waals surface area contributed by atoms with E-state index in [1.54, 1.807) is 0 Å². The fourth-order valence-electron chi connectivity index (χ4n) is 8.30. The van der Waals surface area contributed by atoms with Gasteiger partial charge in [0.25, 0.3) is 0 Å². The van der Waals surface area contributed by atoms with Crippen LogP contribution in [0, 0.1) is 0 Å². The Bertz CT molecular complexity index is 909. The van der Waals surface area contributed by atoms with Gasteiger partial charge in [-0.3, -0.25) is 13.8 Å². The predicted molar refractivity (Wildman–Crippen MR) is 261 cm³/mol. The zero-order valence-electron chi connectivity index (χ0n) is 40.9. The number of carbonyl (C=O) groups is 1. The lowest BCUT2D eigenvalue weighted by Crippen LogP contribution is -2.28. The van der Waals surface area contributed by atoms with E-state index < -0.39 is 13.9 Å². The largest absolute Gasteiger partial charge is 0.472 e. The summed E-state index contributed by atoms with van der Waals surface area (Å²) in [7, 11) is -4.28. The summed E-state index contributed by atoms with van der Waals surface area (Å²) in [5, 5.41) is 0. The third-order valence-corrected chi connectivity index (χ3v) is 13.3. The van der Waals surface area contributed by atoms with Crippen LogP contribution in [0.15, 0.2) is 0 Å². The van der Waals surface area contributed by atoms with E-state index in [1.807, 2.05) is 0 Å². The summed E-state index contributed by atoms with van der Waals surface area (Å²) in [5.41, 5.74) is 5.39. The number of hydrogen-bond acceptors (Lipinski definition) is 7. The molecule has 61 heavy (non-hydrogen) atoms. The van der Waals surface area contributed by atoms with Gasteiger partial charge < -0.3 is 20.1 Å². The van der Waals surface area contributed by atoms with Gasteiger partial charge in [-0.2, -0.15) is 0 Å². The molecule has 9 heteroatoms. The number of phosphoric acid groups is 1. The lowest BCUT2D eigenvalue weighted by Gasteiger charge is -2.20. The van der Waals surface area contributed by atoms with E-state index >= 15 is 0 Å². The van der Waals surface area contributed by atoms with Crippen molar-refractivity contribution >= 4 is 13.8 Å². The van der Waals surface area contributed by atoms with E-state index in [0.717, 1.165) is 32.1 Å². The number of nitrogens with two attached hydrogens (primary N) is 1. The molecule has 8 nitrogen and oxygen atoms in total. The van der Waals surface area contributed by atoms with Gasteiger partial charge >= 0.3 is 13.8 Å². The summed E-state index contributed by atoms with van der Waals surface area (Å²) >= 11 is 0. The number of carbonyl (C=O) groups excluding carboxylic acids is 1. The quantitative estimate of drug-likeness (QED) is 0.0352. The van der Waals surface area contributed by atoms with E-state index in [0.29, 0.717) is 13.0 Å². The van der Waals surface area contributed by atoms with Crippen LogP contribution in [0.25, 0.3) is 0 Å². The second-order valence-corrected chi connectivity index (χ2v) is 19.9. The first-order valence-corrected chi connectivity index (χ1v) is 28.5. The Labute approximate surface area is 380 Å². The highest BCUT2D eigenvalue weighted by Crippen LogP contribution is 2.43. The summed E-state index contributed by atoms with van der Waals surface area (Å²) in [4.78, 5) is 22.6. The molecule has 0 saturated carbocycles. The van der Waals surface area contributed by atoms with Crippen LogP contribution in [0.5, 0.6) is 0 Å². The van der Waals surface area contributed by atoms with Crippen LogP contribution < -0.4 is 5.73 Å². The Morgan fingerprint density at radius 3 is 1.03 bits per heavy atom. The van der Waals surface area contributed by atoms with Crippen LogP contribution in [0.1, 0.15) is 290 Å². The van der Waals surface area contributed by atoms with E-state index in [9.17, 15) is 14.3 Å². The van der Waals surface area contributed by atoms with Gasteiger partial charge in [0.1, 0.15) is 6.10 Å². The molecule has 0 aliphatic rings. The highest BCUT2D eigenvalue weighted by Gasteiger charge is 2.25. The van der Waals surface area contributed by atoms with E-state index in [4.69, 9.17) is 24.3 Å². The van der Waals surface area contributed by atoms with Gasteiger partial charge in [0.2, 0.25) is 0 Å². The van der Waals surface area contributed by atoms with Crippen LogP contribution in [-0.4, -0.2) is 49.9 Å². The lowest BCUT2D eigenvalue weighted by molar-refractivity contribution is -0.154. The first kappa shape index (κ1) is 60.5. The van der Waals surface area contributed by atoms with Crippen LogP contribution in [0.2, 0.25) is 0 Å². The maximum Gasteiger partial charge on any atom is 0.472 e. The minimum atomic E-state index is -4.28.